The van der Waals surface area contributed by atoms with Gasteiger partial charge >= 0.3 is 5.69 Å². The summed E-state index contributed by atoms with van der Waals surface area (Å²) in [5.74, 6) is 0.164. The Bertz CT molecular complexity index is 447. The van der Waals surface area contributed by atoms with Gasteiger partial charge in [0.25, 0.3) is 0 Å². The Hall–Kier alpha value is -1.44. The van der Waals surface area contributed by atoms with Crippen LogP contribution in [0.4, 0.5) is 5.82 Å². The van der Waals surface area contributed by atoms with Crippen molar-refractivity contribution >= 4 is 5.82 Å². The molecule has 1 saturated heterocycles. The van der Waals surface area contributed by atoms with Crippen LogP contribution in [0.25, 0.3) is 0 Å². The number of aromatic nitrogens is 2. The van der Waals surface area contributed by atoms with Gasteiger partial charge in [-0.1, -0.05) is 0 Å². The fourth-order valence-electron chi connectivity index (χ4n) is 1.91. The molecule has 0 radical (unpaired) electrons. The van der Waals surface area contributed by atoms with Crippen molar-refractivity contribution in [3.63, 3.8) is 0 Å². The van der Waals surface area contributed by atoms with Gasteiger partial charge in [0, 0.05) is 19.7 Å². The Morgan fingerprint density at radius 1 is 1.76 bits per heavy atom. The lowest BCUT2D eigenvalue weighted by Gasteiger charge is -2.19. The maximum atomic E-state index is 11.7. The van der Waals surface area contributed by atoms with Gasteiger partial charge in [-0.3, -0.25) is 4.57 Å². The average Bonchev–Trinajstić information content (AvgIpc) is 2.72. The summed E-state index contributed by atoms with van der Waals surface area (Å²) >= 11 is 0. The minimum atomic E-state index is -0.572. The SMILES string of the molecule is COC1CC(CO)OC1n1ccc(N)nc1=O. The highest BCUT2D eigenvalue weighted by molar-refractivity contribution is 5.23. The van der Waals surface area contributed by atoms with E-state index in [0.717, 1.165) is 0 Å². The summed E-state index contributed by atoms with van der Waals surface area (Å²) in [6.45, 7) is -0.104. The third-order valence-corrected chi connectivity index (χ3v) is 2.78. The van der Waals surface area contributed by atoms with Gasteiger partial charge in [-0.2, -0.15) is 4.98 Å². The fourth-order valence-corrected chi connectivity index (χ4v) is 1.91. The molecule has 1 aromatic heterocycles. The van der Waals surface area contributed by atoms with Crippen molar-refractivity contribution in [2.45, 2.75) is 24.9 Å². The smallest absolute Gasteiger partial charge is 0.351 e. The molecule has 7 nitrogen and oxygen atoms in total. The second-order valence-electron chi connectivity index (χ2n) is 3.88. The number of aliphatic hydroxyl groups excluding tert-OH is 1. The molecule has 2 rings (SSSR count). The molecule has 3 unspecified atom stereocenters. The van der Waals surface area contributed by atoms with Crippen molar-refractivity contribution in [1.29, 1.82) is 0 Å². The summed E-state index contributed by atoms with van der Waals surface area (Å²) in [6.07, 6.45) is 0.873. The third-order valence-electron chi connectivity index (χ3n) is 2.78. The number of nitrogens with two attached hydrogens (primary N) is 1. The van der Waals surface area contributed by atoms with Crippen LogP contribution >= 0.6 is 0 Å². The van der Waals surface area contributed by atoms with Crippen LogP contribution in [0, 0.1) is 0 Å². The van der Waals surface area contributed by atoms with Gasteiger partial charge in [-0.15, -0.1) is 0 Å². The maximum absolute atomic E-state index is 11.7. The summed E-state index contributed by atoms with van der Waals surface area (Å²) in [7, 11) is 1.54. The lowest BCUT2D eigenvalue weighted by Crippen LogP contribution is -2.32. The zero-order valence-electron chi connectivity index (χ0n) is 9.44. The van der Waals surface area contributed by atoms with Gasteiger partial charge in [-0.05, 0) is 6.07 Å². The summed E-state index contributed by atoms with van der Waals surface area (Å²) in [6, 6.07) is 1.52. The number of methoxy groups -OCH3 is 1. The van der Waals surface area contributed by atoms with Crippen molar-refractivity contribution < 1.29 is 14.6 Å². The van der Waals surface area contributed by atoms with Crippen LogP contribution in [0.5, 0.6) is 0 Å². The van der Waals surface area contributed by atoms with Crippen LogP contribution in [0.3, 0.4) is 0 Å². The second-order valence-corrected chi connectivity index (χ2v) is 3.88. The number of nitrogens with zero attached hydrogens (tertiary/aromatic N) is 2. The zero-order chi connectivity index (χ0) is 12.4. The highest BCUT2D eigenvalue weighted by Crippen LogP contribution is 2.29. The van der Waals surface area contributed by atoms with Crippen LogP contribution in [-0.4, -0.2) is 40.6 Å². The molecule has 7 heteroatoms. The number of hydrogen-bond acceptors (Lipinski definition) is 6. The monoisotopic (exact) mass is 241 g/mol. The normalized spacial score (nSPS) is 28.5. The largest absolute Gasteiger partial charge is 0.394 e. The predicted octanol–water partition coefficient (Wildman–Crippen LogP) is -0.880. The number of nitrogen functional groups attached to an aromatic ring is 1. The zero-order valence-corrected chi connectivity index (χ0v) is 9.44. The van der Waals surface area contributed by atoms with Crippen molar-refractivity contribution in [3.8, 4) is 0 Å². The average molecular weight is 241 g/mol. The molecule has 3 N–H and O–H groups in total. The number of ether oxygens (including phenoxy) is 2. The molecule has 0 aliphatic carbocycles. The summed E-state index contributed by atoms with van der Waals surface area (Å²) in [5.41, 5.74) is 4.92. The summed E-state index contributed by atoms with van der Waals surface area (Å²) < 4.78 is 12.1. The van der Waals surface area contributed by atoms with Crippen molar-refractivity contribution in [3.05, 3.63) is 22.7 Å². The molecular weight excluding hydrogens is 226 g/mol. The fraction of sp³-hybridized carbons (Fsp3) is 0.600. The first-order valence-corrected chi connectivity index (χ1v) is 5.29. The topological polar surface area (TPSA) is 99.6 Å². The Balaban J connectivity index is 2.29. The van der Waals surface area contributed by atoms with Gasteiger partial charge in [0.15, 0.2) is 6.23 Å². The van der Waals surface area contributed by atoms with E-state index in [1.807, 2.05) is 0 Å². The van der Waals surface area contributed by atoms with E-state index in [1.165, 1.54) is 23.9 Å². The van der Waals surface area contributed by atoms with E-state index in [4.69, 9.17) is 20.3 Å². The molecule has 0 aromatic carbocycles. The Kier molecular flexibility index (Phi) is 3.41. The highest BCUT2D eigenvalue weighted by atomic mass is 16.6. The van der Waals surface area contributed by atoms with Crippen LogP contribution in [0.15, 0.2) is 17.1 Å². The minimum absolute atomic E-state index is 0.104. The van der Waals surface area contributed by atoms with Crippen LogP contribution in [-0.2, 0) is 9.47 Å². The number of anilines is 1. The van der Waals surface area contributed by atoms with E-state index >= 15 is 0 Å². The first-order chi connectivity index (χ1) is 8.15. The van der Waals surface area contributed by atoms with E-state index in [9.17, 15) is 4.79 Å². The quantitative estimate of drug-likeness (QED) is 0.713. The first-order valence-electron chi connectivity index (χ1n) is 5.29. The molecule has 1 fully saturated rings. The van der Waals surface area contributed by atoms with E-state index in [0.29, 0.717) is 6.42 Å². The minimum Gasteiger partial charge on any atom is -0.394 e. The molecule has 17 heavy (non-hydrogen) atoms. The molecule has 0 spiro atoms. The van der Waals surface area contributed by atoms with Gasteiger partial charge in [0.05, 0.1) is 12.7 Å². The predicted molar refractivity (Wildman–Crippen MR) is 59.3 cm³/mol. The van der Waals surface area contributed by atoms with E-state index in [1.54, 1.807) is 0 Å². The third kappa shape index (κ3) is 2.31. The van der Waals surface area contributed by atoms with E-state index in [2.05, 4.69) is 4.98 Å². The van der Waals surface area contributed by atoms with Crippen molar-refractivity contribution in [1.82, 2.24) is 9.55 Å². The highest BCUT2D eigenvalue weighted by Gasteiger charge is 2.36. The molecule has 0 saturated carbocycles. The number of hydrogen-bond donors (Lipinski definition) is 2. The number of aliphatic hydroxyl groups is 1. The Morgan fingerprint density at radius 2 is 2.53 bits per heavy atom. The van der Waals surface area contributed by atoms with E-state index in [-0.39, 0.29) is 24.6 Å². The summed E-state index contributed by atoms with van der Waals surface area (Å²) in [5, 5.41) is 9.05. The van der Waals surface area contributed by atoms with Gasteiger partial charge in [0.1, 0.15) is 11.9 Å². The van der Waals surface area contributed by atoms with Gasteiger partial charge < -0.3 is 20.3 Å². The molecular formula is C10H15N3O4. The van der Waals surface area contributed by atoms with Crippen LogP contribution in [0.2, 0.25) is 0 Å². The number of rotatable bonds is 3. The van der Waals surface area contributed by atoms with E-state index < -0.39 is 11.9 Å². The molecule has 1 aliphatic rings. The first kappa shape index (κ1) is 12.0. The Labute approximate surface area is 97.8 Å². The molecule has 0 amide bonds. The molecule has 94 valence electrons. The molecule has 1 aliphatic heterocycles. The summed E-state index contributed by atoms with van der Waals surface area (Å²) in [4.78, 5) is 15.3. The van der Waals surface area contributed by atoms with Crippen LogP contribution < -0.4 is 11.4 Å². The lowest BCUT2D eigenvalue weighted by molar-refractivity contribution is -0.0624. The van der Waals surface area contributed by atoms with Gasteiger partial charge in [0.2, 0.25) is 0 Å². The second kappa shape index (κ2) is 4.82. The maximum Gasteiger partial charge on any atom is 0.351 e. The molecule has 0 bridgehead atoms. The van der Waals surface area contributed by atoms with Crippen LogP contribution in [0.1, 0.15) is 12.6 Å². The molecule has 3 atom stereocenters. The lowest BCUT2D eigenvalue weighted by atomic mass is 10.2. The molecule has 2 heterocycles. The van der Waals surface area contributed by atoms with Gasteiger partial charge in [-0.25, -0.2) is 4.79 Å². The standard InChI is InChI=1S/C10H15N3O4/c1-16-7-4-6(5-14)17-9(7)13-3-2-8(11)12-10(13)15/h2-3,6-7,9,14H,4-5H2,1H3,(H2,11,12,15). The van der Waals surface area contributed by atoms with Crippen molar-refractivity contribution in [2.24, 2.45) is 0 Å². The molecule has 1 aromatic rings. The Morgan fingerprint density at radius 3 is 3.12 bits per heavy atom. The van der Waals surface area contributed by atoms with Crippen molar-refractivity contribution in [2.75, 3.05) is 19.5 Å².